The molecule has 0 amide bonds. The van der Waals surface area contributed by atoms with E-state index in [4.69, 9.17) is 9.47 Å². The molecule has 0 radical (unpaired) electrons. The average Bonchev–Trinajstić information content (AvgIpc) is 2.38. The number of hydrogen-bond donors (Lipinski definition) is 1. The van der Waals surface area contributed by atoms with Crippen molar-refractivity contribution in [3.63, 3.8) is 0 Å². The lowest BCUT2D eigenvalue weighted by Crippen LogP contribution is -2.16. The van der Waals surface area contributed by atoms with Gasteiger partial charge in [-0.05, 0) is 6.42 Å². The Morgan fingerprint density at radius 3 is 2.50 bits per heavy atom. The third-order valence-corrected chi connectivity index (χ3v) is 2.03. The molecule has 0 bridgehead atoms. The smallest absolute Gasteiger partial charge is 0.323 e. The van der Waals surface area contributed by atoms with E-state index in [2.05, 4.69) is 27.2 Å². The molecule has 7 nitrogen and oxygen atoms in total. The molecule has 0 saturated heterocycles. The van der Waals surface area contributed by atoms with Gasteiger partial charge in [0.15, 0.2) is 0 Å². The fourth-order valence-corrected chi connectivity index (χ4v) is 1.16. The van der Waals surface area contributed by atoms with Crippen molar-refractivity contribution in [2.75, 3.05) is 51.2 Å². The monoisotopic (exact) mass is 255 g/mol. The van der Waals surface area contributed by atoms with Crippen molar-refractivity contribution in [2.24, 2.45) is 0 Å². The number of nitrogens with one attached hydrogen (secondary N) is 1. The summed E-state index contributed by atoms with van der Waals surface area (Å²) in [5, 5.41) is 2.87. The minimum absolute atomic E-state index is 0.304. The van der Waals surface area contributed by atoms with E-state index >= 15 is 0 Å². The summed E-state index contributed by atoms with van der Waals surface area (Å²) in [6.45, 7) is 3.77. The molecule has 0 aromatic carbocycles. The zero-order chi connectivity index (χ0) is 13.4. The molecule has 0 aliphatic rings. The van der Waals surface area contributed by atoms with Crippen LogP contribution >= 0.6 is 0 Å². The van der Waals surface area contributed by atoms with Crippen molar-refractivity contribution in [1.82, 2.24) is 15.0 Å². The topological polar surface area (TPSA) is 72.4 Å². The highest BCUT2D eigenvalue weighted by Crippen LogP contribution is 2.12. The molecule has 0 atom stereocenters. The van der Waals surface area contributed by atoms with Crippen molar-refractivity contribution in [3.05, 3.63) is 0 Å². The van der Waals surface area contributed by atoms with Gasteiger partial charge >= 0.3 is 6.01 Å². The largest absolute Gasteiger partial charge is 0.461 e. The molecule has 0 aliphatic heterocycles. The lowest BCUT2D eigenvalue weighted by molar-refractivity contribution is 0.0972. The van der Waals surface area contributed by atoms with Gasteiger partial charge in [0.25, 0.3) is 0 Å². The summed E-state index contributed by atoms with van der Waals surface area (Å²) in [5.41, 5.74) is 0. The molecule has 0 saturated carbocycles. The van der Waals surface area contributed by atoms with Gasteiger partial charge in [-0.3, -0.25) is 0 Å². The normalized spacial score (nSPS) is 10.2. The van der Waals surface area contributed by atoms with Crippen molar-refractivity contribution in [3.8, 4) is 6.01 Å². The first-order valence-corrected chi connectivity index (χ1v) is 5.99. The number of hydrogen-bond acceptors (Lipinski definition) is 7. The van der Waals surface area contributed by atoms with Crippen LogP contribution in [0.15, 0.2) is 0 Å². The van der Waals surface area contributed by atoms with Crippen molar-refractivity contribution in [2.45, 2.75) is 13.3 Å². The summed E-state index contributed by atoms with van der Waals surface area (Å²) < 4.78 is 10.7. The standard InChI is InChI=1S/C11H21N5O2/c1-5-6-17-7-8-18-11-14-9(12-2)13-10(15-11)16(3)4/h5-8H2,1-4H3,(H,12,13,14,15). The summed E-state index contributed by atoms with van der Waals surface area (Å²) in [7, 11) is 5.48. The molecule has 0 unspecified atom stereocenters. The summed E-state index contributed by atoms with van der Waals surface area (Å²) in [5.74, 6) is 1.04. The van der Waals surface area contributed by atoms with E-state index in [1.165, 1.54) is 0 Å². The number of anilines is 2. The SMILES string of the molecule is CCCOCCOc1nc(NC)nc(N(C)C)n1. The number of nitrogens with zero attached hydrogens (tertiary/aromatic N) is 4. The van der Waals surface area contributed by atoms with Crippen LogP contribution in [0.2, 0.25) is 0 Å². The molecule has 102 valence electrons. The second-order valence-electron chi connectivity index (χ2n) is 3.85. The van der Waals surface area contributed by atoms with Gasteiger partial charge in [0.05, 0.1) is 6.61 Å². The summed E-state index contributed by atoms with van der Waals surface area (Å²) in [4.78, 5) is 14.3. The van der Waals surface area contributed by atoms with E-state index in [0.29, 0.717) is 31.1 Å². The average molecular weight is 255 g/mol. The maximum Gasteiger partial charge on any atom is 0.323 e. The fraction of sp³-hybridized carbons (Fsp3) is 0.727. The highest BCUT2D eigenvalue weighted by atomic mass is 16.5. The van der Waals surface area contributed by atoms with Crippen LogP contribution in [0.25, 0.3) is 0 Å². The van der Waals surface area contributed by atoms with Crippen LogP contribution in [-0.2, 0) is 4.74 Å². The first kappa shape index (κ1) is 14.4. The molecule has 7 heteroatoms. The maximum atomic E-state index is 5.43. The molecule has 1 aromatic rings. The second kappa shape index (κ2) is 7.65. The van der Waals surface area contributed by atoms with Gasteiger partial charge in [0.2, 0.25) is 11.9 Å². The molecule has 1 aromatic heterocycles. The van der Waals surface area contributed by atoms with Crippen LogP contribution in [-0.4, -0.2) is 55.9 Å². The van der Waals surface area contributed by atoms with E-state index in [-0.39, 0.29) is 0 Å². The zero-order valence-electron chi connectivity index (χ0n) is 11.4. The second-order valence-corrected chi connectivity index (χ2v) is 3.85. The van der Waals surface area contributed by atoms with Crippen LogP contribution in [0.5, 0.6) is 6.01 Å². The first-order valence-electron chi connectivity index (χ1n) is 5.99. The van der Waals surface area contributed by atoms with E-state index in [9.17, 15) is 0 Å². The first-order chi connectivity index (χ1) is 8.67. The van der Waals surface area contributed by atoms with Gasteiger partial charge in [-0.1, -0.05) is 6.92 Å². The Morgan fingerprint density at radius 2 is 1.89 bits per heavy atom. The number of rotatable bonds is 8. The fourth-order valence-electron chi connectivity index (χ4n) is 1.16. The van der Waals surface area contributed by atoms with Crippen molar-refractivity contribution >= 4 is 11.9 Å². The van der Waals surface area contributed by atoms with Gasteiger partial charge in [0.1, 0.15) is 6.61 Å². The van der Waals surface area contributed by atoms with Gasteiger partial charge in [-0.25, -0.2) is 0 Å². The van der Waals surface area contributed by atoms with Crippen molar-refractivity contribution < 1.29 is 9.47 Å². The summed E-state index contributed by atoms with van der Waals surface area (Å²) in [6, 6.07) is 0.304. The quantitative estimate of drug-likeness (QED) is 0.688. The lowest BCUT2D eigenvalue weighted by Gasteiger charge is -2.12. The molecule has 1 rings (SSSR count). The van der Waals surface area contributed by atoms with Crippen LogP contribution in [0.4, 0.5) is 11.9 Å². The third kappa shape index (κ3) is 4.70. The van der Waals surface area contributed by atoms with Crippen molar-refractivity contribution in [1.29, 1.82) is 0 Å². The van der Waals surface area contributed by atoms with E-state index in [1.807, 2.05) is 14.1 Å². The Bertz CT molecular complexity index is 359. The van der Waals surface area contributed by atoms with Gasteiger partial charge in [-0.2, -0.15) is 15.0 Å². The van der Waals surface area contributed by atoms with Crippen LogP contribution in [0.3, 0.4) is 0 Å². The Morgan fingerprint density at radius 1 is 1.11 bits per heavy atom. The minimum atomic E-state index is 0.304. The van der Waals surface area contributed by atoms with Crippen LogP contribution in [0.1, 0.15) is 13.3 Å². The number of aromatic nitrogens is 3. The molecule has 18 heavy (non-hydrogen) atoms. The molecule has 0 spiro atoms. The zero-order valence-corrected chi connectivity index (χ0v) is 11.4. The van der Waals surface area contributed by atoms with E-state index in [1.54, 1.807) is 11.9 Å². The highest BCUT2D eigenvalue weighted by molar-refractivity contribution is 5.36. The summed E-state index contributed by atoms with van der Waals surface area (Å²) in [6.07, 6.45) is 1.00. The number of ether oxygens (including phenoxy) is 2. The molecule has 0 fully saturated rings. The van der Waals surface area contributed by atoms with Crippen LogP contribution < -0.4 is 15.0 Å². The predicted octanol–water partition coefficient (Wildman–Crippen LogP) is 0.785. The molecule has 1 heterocycles. The van der Waals surface area contributed by atoms with E-state index in [0.717, 1.165) is 13.0 Å². The van der Waals surface area contributed by atoms with Crippen LogP contribution in [0, 0.1) is 0 Å². The summed E-state index contributed by atoms with van der Waals surface area (Å²) >= 11 is 0. The van der Waals surface area contributed by atoms with Gasteiger partial charge in [-0.15, -0.1) is 0 Å². The Balaban J connectivity index is 2.56. The molecular formula is C11H21N5O2. The molecule has 1 N–H and O–H groups in total. The third-order valence-electron chi connectivity index (χ3n) is 2.03. The minimum Gasteiger partial charge on any atom is -0.461 e. The Kier molecular flexibility index (Phi) is 6.13. The predicted molar refractivity (Wildman–Crippen MR) is 70.3 cm³/mol. The van der Waals surface area contributed by atoms with E-state index < -0.39 is 0 Å². The Labute approximate surface area is 108 Å². The lowest BCUT2D eigenvalue weighted by atomic mass is 10.5. The Hall–Kier alpha value is -1.63. The highest BCUT2D eigenvalue weighted by Gasteiger charge is 2.07. The molecule has 0 aliphatic carbocycles. The molecular weight excluding hydrogens is 234 g/mol. The maximum absolute atomic E-state index is 5.43. The van der Waals surface area contributed by atoms with Gasteiger partial charge < -0.3 is 19.7 Å². The van der Waals surface area contributed by atoms with Gasteiger partial charge in [0, 0.05) is 27.7 Å².